The molecular formula is C109H80N2. The highest BCUT2D eigenvalue weighted by Crippen LogP contribution is 2.56. The highest BCUT2D eigenvalue weighted by Gasteiger charge is 2.39. The van der Waals surface area contributed by atoms with Gasteiger partial charge in [-0.05, 0) is 238 Å². The smallest absolute Gasteiger partial charge is 0.0546 e. The Hall–Kier alpha value is -13.4. The van der Waals surface area contributed by atoms with Crippen molar-refractivity contribution in [3.8, 4) is 55.6 Å². The minimum absolute atomic E-state index is 0.198. The van der Waals surface area contributed by atoms with Gasteiger partial charge in [0.1, 0.15) is 0 Å². The van der Waals surface area contributed by atoms with Gasteiger partial charge >= 0.3 is 0 Å². The van der Waals surface area contributed by atoms with Crippen molar-refractivity contribution in [2.24, 2.45) is 0 Å². The molecular weight excluding hydrogens is 1340 g/mol. The summed E-state index contributed by atoms with van der Waals surface area (Å²) in [6.07, 6.45) is 9.25. The number of nitrogens with zero attached hydrogens (tertiary/aromatic N) is 2. The monoisotopic (exact) mass is 1420 g/mol. The SMILES string of the molecule is CC1(C)c2cc(C=Cc3ccc4c(c3)C(C)(C)c3cc(N(c5cccc(-c6ccc7ccccc7c6)c5)c5cc6ccccc6c6ccccc56)ccc3-4)ccc2-c2ccc(C=Cc3ccc4c(c3)C(C)(C)c3cc(N(c5cccc(-c6ccc7ccccc7c6)c5)c5cc6ccccc6c6ccccc56)ccc3-4)cc21. The Balaban J connectivity index is 0.551. The molecule has 3 aliphatic rings. The molecule has 0 spiro atoms. The topological polar surface area (TPSA) is 6.48 Å². The largest absolute Gasteiger partial charge is 0.310 e. The van der Waals surface area contributed by atoms with Crippen LogP contribution in [0, 0.1) is 0 Å². The van der Waals surface area contributed by atoms with Crippen molar-refractivity contribution in [3.63, 3.8) is 0 Å². The van der Waals surface area contributed by atoms with Crippen LogP contribution in [0.4, 0.5) is 34.1 Å². The van der Waals surface area contributed by atoms with E-state index in [1.165, 1.54) is 176 Å². The van der Waals surface area contributed by atoms with Crippen LogP contribution < -0.4 is 9.80 Å². The highest BCUT2D eigenvalue weighted by atomic mass is 15.2. The number of fused-ring (bicyclic) bond motifs is 17. The maximum atomic E-state index is 2.50. The number of anilines is 6. The van der Waals surface area contributed by atoms with Crippen LogP contribution in [-0.2, 0) is 16.2 Å². The molecule has 0 atom stereocenters. The maximum absolute atomic E-state index is 2.50. The number of hydrogen-bond acceptors (Lipinski definition) is 2. The van der Waals surface area contributed by atoms with Crippen LogP contribution in [0.3, 0.4) is 0 Å². The van der Waals surface area contributed by atoms with E-state index in [0.29, 0.717) is 0 Å². The van der Waals surface area contributed by atoms with Crippen molar-refractivity contribution in [2.75, 3.05) is 9.80 Å². The van der Waals surface area contributed by atoms with Gasteiger partial charge in [-0.15, -0.1) is 0 Å². The summed E-state index contributed by atoms with van der Waals surface area (Å²) in [6, 6.07) is 132. The summed E-state index contributed by atoms with van der Waals surface area (Å²) in [4.78, 5) is 5.00. The van der Waals surface area contributed by atoms with Crippen molar-refractivity contribution in [1.29, 1.82) is 0 Å². The van der Waals surface area contributed by atoms with Gasteiger partial charge in [0.15, 0.2) is 0 Å². The molecule has 0 heterocycles. The summed E-state index contributed by atoms with van der Waals surface area (Å²) in [6.45, 7) is 14.4. The van der Waals surface area contributed by atoms with E-state index < -0.39 is 0 Å². The Morgan fingerprint density at radius 3 is 0.829 bits per heavy atom. The third-order valence-corrected chi connectivity index (χ3v) is 24.9. The molecule has 0 N–H and O–H groups in total. The van der Waals surface area contributed by atoms with E-state index in [1.54, 1.807) is 0 Å². The Morgan fingerprint density at radius 1 is 0.189 bits per heavy atom. The summed E-state index contributed by atoms with van der Waals surface area (Å²) < 4.78 is 0. The van der Waals surface area contributed by atoms with Crippen LogP contribution in [0.5, 0.6) is 0 Å². The van der Waals surface area contributed by atoms with E-state index in [0.717, 1.165) is 34.1 Å². The predicted octanol–water partition coefficient (Wildman–Crippen LogP) is 30.1. The van der Waals surface area contributed by atoms with Gasteiger partial charge in [0.05, 0.1) is 11.4 Å². The lowest BCUT2D eigenvalue weighted by molar-refractivity contribution is 0.660. The number of rotatable bonds is 12. The highest BCUT2D eigenvalue weighted by molar-refractivity contribution is 6.16. The predicted molar refractivity (Wildman–Crippen MR) is 475 cm³/mol. The van der Waals surface area contributed by atoms with Crippen molar-refractivity contribution in [1.82, 2.24) is 0 Å². The molecule has 0 aromatic heterocycles. The first kappa shape index (κ1) is 65.9. The van der Waals surface area contributed by atoms with E-state index in [9.17, 15) is 0 Å². The van der Waals surface area contributed by atoms with Crippen LogP contribution in [0.25, 0.3) is 145 Å². The van der Waals surface area contributed by atoms with E-state index in [-0.39, 0.29) is 16.2 Å². The Morgan fingerprint density at radius 2 is 0.468 bits per heavy atom. The maximum Gasteiger partial charge on any atom is 0.0546 e. The van der Waals surface area contributed by atoms with Crippen molar-refractivity contribution >= 4 is 123 Å². The molecule has 0 unspecified atom stereocenters. The van der Waals surface area contributed by atoms with Crippen molar-refractivity contribution in [3.05, 3.63) is 407 Å². The molecule has 2 heteroatoms. The van der Waals surface area contributed by atoms with E-state index in [2.05, 4.69) is 427 Å². The van der Waals surface area contributed by atoms with E-state index in [4.69, 9.17) is 0 Å². The summed E-state index contributed by atoms with van der Waals surface area (Å²) >= 11 is 0. The van der Waals surface area contributed by atoms with Gasteiger partial charge in [-0.2, -0.15) is 0 Å². The molecule has 111 heavy (non-hydrogen) atoms. The van der Waals surface area contributed by atoms with Gasteiger partial charge in [-0.1, -0.05) is 345 Å². The summed E-state index contributed by atoms with van der Waals surface area (Å²) in [5.74, 6) is 0. The molecule has 18 aromatic rings. The van der Waals surface area contributed by atoms with E-state index in [1.807, 2.05) is 0 Å². The quantitative estimate of drug-likeness (QED) is 0.0888. The van der Waals surface area contributed by atoms with Gasteiger partial charge in [0.2, 0.25) is 0 Å². The fourth-order valence-electron chi connectivity index (χ4n) is 19.0. The first-order valence-electron chi connectivity index (χ1n) is 39.1. The van der Waals surface area contributed by atoms with Gasteiger partial charge in [0.25, 0.3) is 0 Å². The average Bonchev–Trinajstić information content (AvgIpc) is 1.62. The fourth-order valence-corrected chi connectivity index (χ4v) is 19.0. The third kappa shape index (κ3) is 10.8. The molecule has 0 amide bonds. The minimum atomic E-state index is -0.266. The van der Waals surface area contributed by atoms with Crippen molar-refractivity contribution in [2.45, 2.75) is 57.8 Å². The molecule has 18 aromatic carbocycles. The Bertz CT molecular complexity index is 6590. The molecule has 3 aliphatic carbocycles. The van der Waals surface area contributed by atoms with Crippen LogP contribution in [0.2, 0.25) is 0 Å². The van der Waals surface area contributed by atoms with Gasteiger partial charge in [-0.25, -0.2) is 0 Å². The number of benzene rings is 18. The zero-order valence-electron chi connectivity index (χ0n) is 63.2. The Labute approximate surface area is 649 Å². The summed E-state index contributed by atoms with van der Waals surface area (Å²) in [5.41, 5.74) is 31.5. The fraction of sp³-hybridized carbons (Fsp3) is 0.0826. The third-order valence-electron chi connectivity index (χ3n) is 24.9. The second-order valence-electron chi connectivity index (χ2n) is 32.4. The van der Waals surface area contributed by atoms with Crippen LogP contribution >= 0.6 is 0 Å². The molecule has 2 nitrogen and oxygen atoms in total. The zero-order valence-corrected chi connectivity index (χ0v) is 63.2. The minimum Gasteiger partial charge on any atom is -0.310 e. The molecule has 0 radical (unpaired) electrons. The average molecular weight is 1420 g/mol. The Kier molecular flexibility index (Phi) is 15.0. The molecule has 526 valence electrons. The molecule has 0 saturated heterocycles. The molecule has 0 aliphatic heterocycles. The van der Waals surface area contributed by atoms with Crippen molar-refractivity contribution < 1.29 is 0 Å². The lowest BCUT2D eigenvalue weighted by Crippen LogP contribution is -2.17. The standard InChI is InChI=1S/C109H80N2/c1-107(2)99-57-69(37-39-71-43-53-93-95-55-49-85(67-103(95)108(3,4)101(93)59-71)110(105-65-81-25-11-13-31-87(81)89-33-15-17-35-97(89)105)83-29-19-27-77(63-83)79-47-45-73-21-7-9-23-75(73)61-79)41-51-91(99)92-52-42-70(58-100(92)107)38-40-72-44-54-94-96-56-50-86(68-104(96)109(5,6)102(94)60-72)111(106-66-82-26-12-14-32-88(82)90-34-16-18-36-98(90)106)84-30-20-28-78(64-84)80-48-46-74-22-8-10-24-76(74)62-80/h7-68H,1-6H3. The molecule has 21 rings (SSSR count). The first-order valence-corrected chi connectivity index (χ1v) is 39.1. The zero-order chi connectivity index (χ0) is 74.4. The molecule has 0 saturated carbocycles. The van der Waals surface area contributed by atoms with Crippen LogP contribution in [-0.4, -0.2) is 0 Å². The second-order valence-corrected chi connectivity index (χ2v) is 32.4. The van der Waals surface area contributed by atoms with Gasteiger partial charge in [0, 0.05) is 49.8 Å². The van der Waals surface area contributed by atoms with E-state index >= 15 is 0 Å². The lowest BCUT2D eigenvalue weighted by atomic mass is 9.81. The van der Waals surface area contributed by atoms with Crippen LogP contribution in [0.1, 0.15) is 97.2 Å². The van der Waals surface area contributed by atoms with Gasteiger partial charge in [-0.3, -0.25) is 0 Å². The molecule has 0 bridgehead atoms. The first-order chi connectivity index (χ1) is 54.2. The summed E-state index contributed by atoms with van der Waals surface area (Å²) in [5, 5.41) is 14.8. The summed E-state index contributed by atoms with van der Waals surface area (Å²) in [7, 11) is 0. The molecule has 0 fully saturated rings. The van der Waals surface area contributed by atoms with Gasteiger partial charge < -0.3 is 9.80 Å². The number of hydrogen-bond donors (Lipinski definition) is 0. The normalized spacial score (nSPS) is 14.0. The lowest BCUT2D eigenvalue weighted by Gasteiger charge is -2.30. The second kappa shape index (κ2) is 25.4. The van der Waals surface area contributed by atoms with Crippen LogP contribution in [0.15, 0.2) is 352 Å².